The van der Waals surface area contributed by atoms with Crippen LogP contribution in [0.5, 0.6) is 0 Å². The van der Waals surface area contributed by atoms with E-state index in [-0.39, 0.29) is 17.9 Å². The second-order valence-electron chi connectivity index (χ2n) is 3.85. The summed E-state index contributed by atoms with van der Waals surface area (Å²) in [6.07, 6.45) is 3.18. The highest BCUT2D eigenvalue weighted by atomic mass is 16.4. The number of aromatic carboxylic acids is 1. The summed E-state index contributed by atoms with van der Waals surface area (Å²) in [5.41, 5.74) is 0.853. The van der Waals surface area contributed by atoms with Crippen LogP contribution < -0.4 is 4.57 Å². The van der Waals surface area contributed by atoms with Gasteiger partial charge < -0.3 is 5.11 Å². The molecule has 0 aliphatic rings. The summed E-state index contributed by atoms with van der Waals surface area (Å²) < 4.78 is 1.65. The Kier molecular flexibility index (Phi) is 3.48. The van der Waals surface area contributed by atoms with Gasteiger partial charge in [-0.3, -0.25) is 4.79 Å². The number of nitrogens with zero attached hydrogens (tertiary/aromatic N) is 1. The van der Waals surface area contributed by atoms with Crippen LogP contribution in [0.15, 0.2) is 54.9 Å². The highest BCUT2D eigenvalue weighted by Crippen LogP contribution is 2.00. The maximum Gasteiger partial charge on any atom is 0.336 e. The van der Waals surface area contributed by atoms with Crippen LogP contribution in [0.25, 0.3) is 0 Å². The van der Waals surface area contributed by atoms with Crippen LogP contribution in [-0.4, -0.2) is 16.9 Å². The molecule has 2 rings (SSSR count). The van der Waals surface area contributed by atoms with Gasteiger partial charge >= 0.3 is 5.97 Å². The highest BCUT2D eigenvalue weighted by molar-refractivity contribution is 5.95. The van der Waals surface area contributed by atoms with Gasteiger partial charge in [0.15, 0.2) is 12.4 Å². The van der Waals surface area contributed by atoms with Crippen LogP contribution in [0.3, 0.4) is 0 Å². The van der Waals surface area contributed by atoms with Crippen molar-refractivity contribution in [1.82, 2.24) is 0 Å². The zero-order valence-electron chi connectivity index (χ0n) is 9.61. The van der Waals surface area contributed by atoms with Crippen molar-refractivity contribution in [2.75, 3.05) is 0 Å². The second kappa shape index (κ2) is 5.23. The van der Waals surface area contributed by atoms with E-state index in [0.717, 1.165) is 0 Å². The normalized spacial score (nSPS) is 10.0. The van der Waals surface area contributed by atoms with Gasteiger partial charge in [0.05, 0.1) is 5.56 Å². The third kappa shape index (κ3) is 2.79. The van der Waals surface area contributed by atoms with Crippen molar-refractivity contribution in [2.45, 2.75) is 6.54 Å². The van der Waals surface area contributed by atoms with Gasteiger partial charge in [-0.1, -0.05) is 30.3 Å². The SMILES string of the molecule is O=C(O)c1cc[n+](CC(=O)c2ccccc2)cc1. The van der Waals surface area contributed by atoms with Gasteiger partial charge in [0.2, 0.25) is 12.3 Å². The van der Waals surface area contributed by atoms with Gasteiger partial charge in [0.25, 0.3) is 0 Å². The highest BCUT2D eigenvalue weighted by Gasteiger charge is 2.12. The van der Waals surface area contributed by atoms with Crippen molar-refractivity contribution in [3.63, 3.8) is 0 Å². The van der Waals surface area contributed by atoms with Crippen molar-refractivity contribution in [1.29, 1.82) is 0 Å². The van der Waals surface area contributed by atoms with Gasteiger partial charge in [0.1, 0.15) is 0 Å². The minimum absolute atomic E-state index is 0.0105. The molecule has 4 heteroatoms. The number of ketones is 1. The molecule has 0 aliphatic carbocycles. The fourth-order valence-electron chi connectivity index (χ4n) is 1.59. The Labute approximate surface area is 104 Å². The molecule has 0 fully saturated rings. The first-order valence-corrected chi connectivity index (χ1v) is 5.47. The molecular weight excluding hydrogens is 230 g/mol. The smallest absolute Gasteiger partial charge is 0.336 e. The lowest BCUT2D eigenvalue weighted by Crippen LogP contribution is -2.37. The predicted octanol–water partition coefficient (Wildman–Crippen LogP) is 1.56. The zero-order valence-corrected chi connectivity index (χ0v) is 9.61. The third-order valence-electron chi connectivity index (χ3n) is 2.56. The summed E-state index contributed by atoms with van der Waals surface area (Å²) in [5.74, 6) is -0.986. The number of benzene rings is 1. The Morgan fingerprint density at radius 3 is 2.11 bits per heavy atom. The van der Waals surface area contributed by atoms with Crippen LogP contribution >= 0.6 is 0 Å². The first-order chi connectivity index (χ1) is 8.66. The third-order valence-corrected chi connectivity index (χ3v) is 2.56. The number of hydrogen-bond donors (Lipinski definition) is 1. The molecule has 0 bridgehead atoms. The molecule has 0 atom stereocenters. The molecule has 0 saturated heterocycles. The fraction of sp³-hybridized carbons (Fsp3) is 0.0714. The topological polar surface area (TPSA) is 58.2 Å². The fourth-order valence-corrected chi connectivity index (χ4v) is 1.59. The van der Waals surface area contributed by atoms with E-state index in [2.05, 4.69) is 0 Å². The summed E-state index contributed by atoms with van der Waals surface area (Å²) in [6.45, 7) is 0.198. The molecule has 4 nitrogen and oxygen atoms in total. The number of hydrogen-bond acceptors (Lipinski definition) is 2. The van der Waals surface area contributed by atoms with Crippen LogP contribution in [-0.2, 0) is 6.54 Å². The number of carboxylic acid groups (broad SMARTS) is 1. The molecule has 0 saturated carbocycles. The molecule has 2 aromatic rings. The first kappa shape index (κ1) is 12.0. The van der Waals surface area contributed by atoms with Gasteiger partial charge in [-0.05, 0) is 0 Å². The Balaban J connectivity index is 2.10. The predicted molar refractivity (Wildman–Crippen MR) is 64.4 cm³/mol. The number of rotatable bonds is 4. The lowest BCUT2D eigenvalue weighted by atomic mass is 10.1. The summed E-state index contributed by atoms with van der Waals surface area (Å²) in [5, 5.41) is 8.76. The molecule has 18 heavy (non-hydrogen) atoms. The van der Waals surface area contributed by atoms with E-state index in [9.17, 15) is 9.59 Å². The number of pyridine rings is 1. The Morgan fingerprint density at radius 2 is 1.56 bits per heavy atom. The Morgan fingerprint density at radius 1 is 0.944 bits per heavy atom. The van der Waals surface area contributed by atoms with E-state index >= 15 is 0 Å². The molecule has 1 heterocycles. The Bertz CT molecular complexity index is 561. The number of aromatic nitrogens is 1. The molecule has 0 unspecified atom stereocenters. The Hall–Kier alpha value is -2.49. The van der Waals surface area contributed by atoms with Crippen LogP contribution in [0.1, 0.15) is 20.7 Å². The van der Waals surface area contributed by atoms with E-state index in [1.807, 2.05) is 18.2 Å². The molecule has 90 valence electrons. The van der Waals surface area contributed by atoms with Gasteiger partial charge in [0, 0.05) is 17.7 Å². The number of carboxylic acids is 1. The van der Waals surface area contributed by atoms with Crippen molar-refractivity contribution >= 4 is 11.8 Å². The van der Waals surface area contributed by atoms with Gasteiger partial charge in [-0.25, -0.2) is 4.79 Å². The van der Waals surface area contributed by atoms with Crippen molar-refractivity contribution in [3.05, 3.63) is 66.0 Å². The first-order valence-electron chi connectivity index (χ1n) is 5.47. The standard InChI is InChI=1S/C14H11NO3/c16-13(11-4-2-1-3-5-11)10-15-8-6-12(7-9-15)14(17)18/h1-9H,10H2/p+1. The molecular formula is C14H12NO3+. The van der Waals surface area contributed by atoms with Crippen molar-refractivity contribution < 1.29 is 19.3 Å². The number of carbonyl (C=O) groups excluding carboxylic acids is 1. The van der Waals surface area contributed by atoms with E-state index in [1.54, 1.807) is 29.1 Å². The minimum Gasteiger partial charge on any atom is -0.478 e. The molecule has 1 N–H and O–H groups in total. The minimum atomic E-state index is -0.975. The van der Waals surface area contributed by atoms with Gasteiger partial charge in [-0.15, -0.1) is 0 Å². The second-order valence-corrected chi connectivity index (χ2v) is 3.85. The maximum atomic E-state index is 11.9. The average molecular weight is 242 g/mol. The summed E-state index contributed by atoms with van der Waals surface area (Å²) in [6, 6.07) is 11.9. The maximum absolute atomic E-state index is 11.9. The van der Waals surface area contributed by atoms with Crippen molar-refractivity contribution in [3.8, 4) is 0 Å². The largest absolute Gasteiger partial charge is 0.478 e. The molecule has 1 aromatic heterocycles. The van der Waals surface area contributed by atoms with Crippen LogP contribution in [0, 0.1) is 0 Å². The molecule has 0 amide bonds. The van der Waals surface area contributed by atoms with Crippen molar-refractivity contribution in [2.24, 2.45) is 0 Å². The van der Waals surface area contributed by atoms with E-state index < -0.39 is 5.97 Å². The molecule has 1 aromatic carbocycles. The lowest BCUT2D eigenvalue weighted by Gasteiger charge is -1.98. The average Bonchev–Trinajstić information content (AvgIpc) is 2.40. The van der Waals surface area contributed by atoms with E-state index in [1.165, 1.54) is 12.1 Å². The summed E-state index contributed by atoms with van der Waals surface area (Å²) in [7, 11) is 0. The monoisotopic (exact) mass is 242 g/mol. The molecule has 0 spiro atoms. The van der Waals surface area contributed by atoms with Crippen LogP contribution in [0.2, 0.25) is 0 Å². The quantitative estimate of drug-likeness (QED) is 0.653. The zero-order chi connectivity index (χ0) is 13.0. The van der Waals surface area contributed by atoms with E-state index in [4.69, 9.17) is 5.11 Å². The summed E-state index contributed by atoms with van der Waals surface area (Å²) >= 11 is 0. The number of carbonyl (C=O) groups is 2. The van der Waals surface area contributed by atoms with Gasteiger partial charge in [-0.2, -0.15) is 4.57 Å². The van der Waals surface area contributed by atoms with E-state index in [0.29, 0.717) is 5.56 Å². The van der Waals surface area contributed by atoms with Crippen LogP contribution in [0.4, 0.5) is 0 Å². The number of Topliss-reactive ketones (excluding diaryl/α,β-unsaturated/α-hetero) is 1. The summed E-state index contributed by atoms with van der Waals surface area (Å²) in [4.78, 5) is 22.6. The molecule has 0 radical (unpaired) electrons. The molecule has 0 aliphatic heterocycles. The lowest BCUT2D eigenvalue weighted by molar-refractivity contribution is -0.683.